The summed E-state index contributed by atoms with van der Waals surface area (Å²) >= 11 is 0. The Hall–Kier alpha value is -1.78. The summed E-state index contributed by atoms with van der Waals surface area (Å²) in [7, 11) is 0. The van der Waals surface area contributed by atoms with Crippen LogP contribution in [0.2, 0.25) is 0 Å². The molecule has 1 aromatic rings. The second-order valence-corrected chi connectivity index (χ2v) is 3.02. The zero-order chi connectivity index (χ0) is 9.97. The lowest BCUT2D eigenvalue weighted by Crippen LogP contribution is -2.34. The van der Waals surface area contributed by atoms with E-state index in [0.29, 0.717) is 0 Å². The Morgan fingerprint density at radius 2 is 2.21 bits per heavy atom. The second kappa shape index (κ2) is 3.53. The van der Waals surface area contributed by atoms with Crippen LogP contribution < -0.4 is 4.90 Å². The molecule has 72 valence electrons. The predicted molar refractivity (Wildman–Crippen MR) is 55.6 cm³/mol. The largest absolute Gasteiger partial charge is 0.293 e. The van der Waals surface area contributed by atoms with Crippen molar-refractivity contribution in [2.24, 2.45) is 9.98 Å². The summed E-state index contributed by atoms with van der Waals surface area (Å²) in [6.07, 6.45) is 6.75. The molecule has 5 heteroatoms. The molecule has 0 bridgehead atoms. The van der Waals surface area contributed by atoms with Crippen molar-refractivity contribution in [3.63, 3.8) is 0 Å². The number of anilines is 1. The van der Waals surface area contributed by atoms with Crippen molar-refractivity contribution in [2.45, 2.75) is 20.0 Å². The van der Waals surface area contributed by atoms with Gasteiger partial charge in [0.15, 0.2) is 5.82 Å². The van der Waals surface area contributed by atoms with Crippen LogP contribution in [-0.2, 0) is 0 Å². The van der Waals surface area contributed by atoms with Gasteiger partial charge in [-0.05, 0) is 13.8 Å². The fourth-order valence-electron chi connectivity index (χ4n) is 1.28. The van der Waals surface area contributed by atoms with Gasteiger partial charge < -0.3 is 0 Å². The Balaban J connectivity index is 2.26. The highest BCUT2D eigenvalue weighted by atomic mass is 15.3. The van der Waals surface area contributed by atoms with Crippen LogP contribution >= 0.6 is 0 Å². The highest BCUT2D eigenvalue weighted by molar-refractivity contribution is 5.94. The average molecular weight is 189 g/mol. The molecule has 0 radical (unpaired) electrons. The van der Waals surface area contributed by atoms with Crippen LogP contribution in [-0.4, -0.2) is 28.3 Å². The van der Waals surface area contributed by atoms with Gasteiger partial charge in [0.2, 0.25) is 0 Å². The van der Waals surface area contributed by atoms with Crippen molar-refractivity contribution in [2.75, 3.05) is 4.90 Å². The van der Waals surface area contributed by atoms with Crippen LogP contribution in [0.1, 0.15) is 13.8 Å². The Labute approximate surface area is 82.2 Å². The van der Waals surface area contributed by atoms with E-state index in [2.05, 4.69) is 20.0 Å². The summed E-state index contributed by atoms with van der Waals surface area (Å²) < 4.78 is 0. The third-order valence-electron chi connectivity index (χ3n) is 1.96. The number of rotatable bonds is 1. The van der Waals surface area contributed by atoms with E-state index in [1.165, 1.54) is 0 Å². The fourth-order valence-corrected chi connectivity index (χ4v) is 1.28. The van der Waals surface area contributed by atoms with E-state index in [9.17, 15) is 0 Å². The van der Waals surface area contributed by atoms with Crippen molar-refractivity contribution in [3.8, 4) is 0 Å². The maximum Gasteiger partial charge on any atom is 0.153 e. The van der Waals surface area contributed by atoms with Gasteiger partial charge in [-0.2, -0.15) is 0 Å². The van der Waals surface area contributed by atoms with Crippen LogP contribution in [0.4, 0.5) is 5.82 Å². The topological polar surface area (TPSA) is 53.7 Å². The molecule has 0 fully saturated rings. The van der Waals surface area contributed by atoms with Crippen LogP contribution in [0.25, 0.3) is 0 Å². The first-order valence-corrected chi connectivity index (χ1v) is 4.40. The molecule has 1 aliphatic rings. The van der Waals surface area contributed by atoms with Crippen LogP contribution in [0, 0.1) is 0 Å². The molecule has 0 saturated carbocycles. The predicted octanol–water partition coefficient (Wildman–Crippen LogP) is 1.09. The number of nitrogens with zero attached hydrogens (tertiary/aromatic N) is 5. The molecule has 0 spiro atoms. The molecule has 1 aromatic heterocycles. The quantitative estimate of drug-likeness (QED) is 0.664. The molecule has 14 heavy (non-hydrogen) atoms. The van der Waals surface area contributed by atoms with Crippen LogP contribution in [0.15, 0.2) is 28.6 Å². The molecule has 0 aliphatic carbocycles. The fraction of sp³-hybridized carbons (Fsp3) is 0.333. The summed E-state index contributed by atoms with van der Waals surface area (Å²) in [6.45, 7) is 3.87. The SMILES string of the molecule is CC1=NC(C)N(c2cnccn2)C=N1. The molecule has 0 amide bonds. The highest BCUT2D eigenvalue weighted by Gasteiger charge is 2.15. The monoisotopic (exact) mass is 189 g/mol. The van der Waals surface area contributed by atoms with Gasteiger partial charge in [-0.3, -0.25) is 9.88 Å². The molecule has 5 nitrogen and oxygen atoms in total. The minimum atomic E-state index is 0.0317. The van der Waals surface area contributed by atoms with Gasteiger partial charge in [0.25, 0.3) is 0 Å². The van der Waals surface area contributed by atoms with Crippen molar-refractivity contribution in [1.82, 2.24) is 9.97 Å². The highest BCUT2D eigenvalue weighted by Crippen LogP contribution is 2.13. The molecular weight excluding hydrogens is 178 g/mol. The molecule has 1 aliphatic heterocycles. The van der Waals surface area contributed by atoms with E-state index >= 15 is 0 Å². The third-order valence-corrected chi connectivity index (χ3v) is 1.96. The number of hydrogen-bond donors (Lipinski definition) is 0. The smallest absolute Gasteiger partial charge is 0.153 e. The first-order chi connectivity index (χ1) is 6.77. The van der Waals surface area contributed by atoms with Crippen LogP contribution in [0.3, 0.4) is 0 Å². The molecule has 1 unspecified atom stereocenters. The van der Waals surface area contributed by atoms with Gasteiger partial charge >= 0.3 is 0 Å². The van der Waals surface area contributed by atoms with E-state index in [4.69, 9.17) is 0 Å². The van der Waals surface area contributed by atoms with E-state index in [-0.39, 0.29) is 6.17 Å². The lowest BCUT2D eigenvalue weighted by atomic mass is 10.4. The van der Waals surface area contributed by atoms with Gasteiger partial charge in [0, 0.05) is 12.4 Å². The van der Waals surface area contributed by atoms with E-state index in [1.807, 2.05) is 18.7 Å². The molecule has 1 atom stereocenters. The van der Waals surface area contributed by atoms with E-state index in [1.54, 1.807) is 24.9 Å². The van der Waals surface area contributed by atoms with Gasteiger partial charge in [0.05, 0.1) is 6.20 Å². The summed E-state index contributed by atoms with van der Waals surface area (Å²) in [4.78, 5) is 18.5. The molecule has 2 rings (SSSR count). The Morgan fingerprint density at radius 3 is 2.86 bits per heavy atom. The van der Waals surface area contributed by atoms with Gasteiger partial charge in [0.1, 0.15) is 18.3 Å². The van der Waals surface area contributed by atoms with Crippen molar-refractivity contribution in [1.29, 1.82) is 0 Å². The molecule has 2 heterocycles. The number of hydrogen-bond acceptors (Lipinski definition) is 5. The number of amidine groups is 1. The zero-order valence-electron chi connectivity index (χ0n) is 8.12. The Kier molecular flexibility index (Phi) is 2.22. The molecule has 0 N–H and O–H groups in total. The van der Waals surface area contributed by atoms with Gasteiger partial charge in [-0.15, -0.1) is 0 Å². The normalized spacial score (nSPS) is 20.9. The van der Waals surface area contributed by atoms with Crippen molar-refractivity contribution < 1.29 is 0 Å². The first kappa shape index (κ1) is 8.80. The maximum absolute atomic E-state index is 4.32. The van der Waals surface area contributed by atoms with Gasteiger partial charge in [-0.25, -0.2) is 15.0 Å². The minimum absolute atomic E-state index is 0.0317. The maximum atomic E-state index is 4.32. The van der Waals surface area contributed by atoms with E-state index < -0.39 is 0 Å². The van der Waals surface area contributed by atoms with E-state index in [0.717, 1.165) is 11.7 Å². The number of aliphatic imine (C=N–C) groups is 2. The summed E-state index contributed by atoms with van der Waals surface area (Å²) in [5.41, 5.74) is 0. The summed E-state index contributed by atoms with van der Waals surface area (Å²) in [5.74, 6) is 1.55. The average Bonchev–Trinajstić information content (AvgIpc) is 2.19. The number of aromatic nitrogens is 2. The Morgan fingerprint density at radius 1 is 1.36 bits per heavy atom. The standard InChI is InChI=1S/C9H11N5/c1-7-12-6-14(8(2)13-7)9-5-10-3-4-11-9/h3-6,8H,1-2H3. The lowest BCUT2D eigenvalue weighted by Gasteiger charge is -2.25. The first-order valence-electron chi connectivity index (χ1n) is 4.40. The zero-order valence-corrected chi connectivity index (χ0v) is 8.12. The molecule has 0 saturated heterocycles. The van der Waals surface area contributed by atoms with Crippen molar-refractivity contribution >= 4 is 18.0 Å². The summed E-state index contributed by atoms with van der Waals surface area (Å²) in [5, 5.41) is 0. The lowest BCUT2D eigenvalue weighted by molar-refractivity contribution is 0.754. The molecular formula is C9H11N5. The third kappa shape index (κ3) is 1.61. The summed E-state index contributed by atoms with van der Waals surface area (Å²) in [6, 6.07) is 0. The second-order valence-electron chi connectivity index (χ2n) is 3.02. The van der Waals surface area contributed by atoms with Crippen LogP contribution in [0.5, 0.6) is 0 Å². The van der Waals surface area contributed by atoms with Crippen molar-refractivity contribution in [3.05, 3.63) is 18.6 Å². The molecule has 0 aromatic carbocycles. The van der Waals surface area contributed by atoms with Gasteiger partial charge in [-0.1, -0.05) is 0 Å². The Bertz CT molecular complexity index is 370. The minimum Gasteiger partial charge on any atom is -0.293 e.